The summed E-state index contributed by atoms with van der Waals surface area (Å²) in [7, 11) is 0. The Morgan fingerprint density at radius 1 is 1.11 bits per heavy atom. The molecule has 27 heavy (non-hydrogen) atoms. The van der Waals surface area contributed by atoms with E-state index >= 15 is 0 Å². The van der Waals surface area contributed by atoms with Crippen LogP contribution in [0.15, 0.2) is 48.8 Å². The molecule has 3 heterocycles. The number of benzene rings is 1. The highest BCUT2D eigenvalue weighted by atomic mass is 19.1. The number of halogens is 1. The van der Waals surface area contributed by atoms with E-state index in [-0.39, 0.29) is 18.3 Å². The monoisotopic (exact) mass is 371 g/mol. The number of nitrogens with zero attached hydrogens (tertiary/aromatic N) is 3. The Morgan fingerprint density at radius 2 is 1.89 bits per heavy atom. The molecule has 2 aromatic rings. The van der Waals surface area contributed by atoms with Gasteiger partial charge in [0.05, 0.1) is 19.8 Å². The molecular formula is C20H22FN3O3. The number of aromatic nitrogens is 1. The molecule has 0 N–H and O–H groups in total. The molecule has 0 aliphatic carbocycles. The molecule has 0 bridgehead atoms. The van der Waals surface area contributed by atoms with E-state index in [4.69, 9.17) is 9.47 Å². The van der Waals surface area contributed by atoms with Crippen LogP contribution in [0.1, 0.15) is 5.56 Å². The standard InChI is InChI=1S/C20H22FN3O3/c21-17-1-3-18(4-2-17)24-14-20(27-12-19(24)25)13-23(9-10-26-15-20)11-16-5-7-22-8-6-16/h1-8H,9-15H2. The summed E-state index contributed by atoms with van der Waals surface area (Å²) in [5.41, 5.74) is 1.24. The van der Waals surface area contributed by atoms with Crippen LogP contribution in [0.2, 0.25) is 0 Å². The molecule has 142 valence electrons. The largest absolute Gasteiger partial charge is 0.377 e. The lowest BCUT2D eigenvalue weighted by Crippen LogP contribution is -2.60. The van der Waals surface area contributed by atoms with Crippen molar-refractivity contribution in [2.24, 2.45) is 0 Å². The van der Waals surface area contributed by atoms with Crippen molar-refractivity contribution in [1.29, 1.82) is 0 Å². The molecule has 6 nitrogen and oxygen atoms in total. The van der Waals surface area contributed by atoms with Crippen LogP contribution in [0.3, 0.4) is 0 Å². The van der Waals surface area contributed by atoms with E-state index in [1.807, 2.05) is 12.1 Å². The lowest BCUT2D eigenvalue weighted by Gasteiger charge is -2.43. The first kappa shape index (κ1) is 18.0. The van der Waals surface area contributed by atoms with Crippen LogP contribution in [-0.2, 0) is 20.8 Å². The fourth-order valence-electron chi connectivity index (χ4n) is 3.62. The van der Waals surface area contributed by atoms with E-state index in [0.29, 0.717) is 32.0 Å². The van der Waals surface area contributed by atoms with Crippen LogP contribution in [0.5, 0.6) is 0 Å². The highest BCUT2D eigenvalue weighted by Gasteiger charge is 2.43. The Kier molecular flexibility index (Phi) is 5.15. The number of hydrogen-bond acceptors (Lipinski definition) is 5. The number of pyridine rings is 1. The molecule has 2 aliphatic rings. The maximum Gasteiger partial charge on any atom is 0.253 e. The Hall–Kier alpha value is -2.35. The molecule has 2 fully saturated rings. The van der Waals surface area contributed by atoms with Gasteiger partial charge in [0.15, 0.2) is 0 Å². The van der Waals surface area contributed by atoms with Gasteiger partial charge in [0, 0.05) is 37.7 Å². The Labute approximate surface area is 157 Å². The van der Waals surface area contributed by atoms with E-state index in [1.54, 1.807) is 29.4 Å². The molecule has 2 aliphatic heterocycles. The van der Waals surface area contributed by atoms with Gasteiger partial charge in [-0.2, -0.15) is 0 Å². The van der Waals surface area contributed by atoms with Crippen molar-refractivity contribution in [2.45, 2.75) is 12.1 Å². The zero-order chi connectivity index (χ0) is 18.7. The summed E-state index contributed by atoms with van der Waals surface area (Å²) >= 11 is 0. The van der Waals surface area contributed by atoms with Gasteiger partial charge >= 0.3 is 0 Å². The van der Waals surface area contributed by atoms with Crippen molar-refractivity contribution in [3.05, 3.63) is 60.2 Å². The minimum absolute atomic E-state index is 0.0101. The molecule has 4 rings (SSSR count). The van der Waals surface area contributed by atoms with Crippen molar-refractivity contribution in [1.82, 2.24) is 9.88 Å². The third kappa shape index (κ3) is 4.16. The van der Waals surface area contributed by atoms with Gasteiger partial charge in [-0.15, -0.1) is 0 Å². The molecule has 0 saturated carbocycles. The third-order valence-corrected chi connectivity index (χ3v) is 4.97. The van der Waals surface area contributed by atoms with E-state index in [2.05, 4.69) is 9.88 Å². The molecule has 1 aromatic heterocycles. The van der Waals surface area contributed by atoms with Crippen molar-refractivity contribution in [3.63, 3.8) is 0 Å². The van der Waals surface area contributed by atoms with Gasteiger partial charge in [0.25, 0.3) is 5.91 Å². The van der Waals surface area contributed by atoms with Gasteiger partial charge in [-0.3, -0.25) is 14.7 Å². The molecule has 0 radical (unpaired) electrons. The van der Waals surface area contributed by atoms with Gasteiger partial charge in [-0.1, -0.05) is 0 Å². The van der Waals surface area contributed by atoms with Gasteiger partial charge < -0.3 is 14.4 Å². The molecular weight excluding hydrogens is 349 g/mol. The van der Waals surface area contributed by atoms with Crippen LogP contribution in [0, 0.1) is 5.82 Å². The normalized spacial score (nSPS) is 24.2. The van der Waals surface area contributed by atoms with Gasteiger partial charge in [-0.25, -0.2) is 4.39 Å². The second-order valence-electron chi connectivity index (χ2n) is 7.05. The molecule has 1 unspecified atom stereocenters. The highest BCUT2D eigenvalue weighted by Crippen LogP contribution is 2.28. The number of anilines is 1. The average Bonchev–Trinajstić information content (AvgIpc) is 2.88. The molecule has 1 amide bonds. The molecule has 1 aromatic carbocycles. The number of morpholine rings is 1. The van der Waals surface area contributed by atoms with E-state index < -0.39 is 5.60 Å². The van der Waals surface area contributed by atoms with Gasteiger partial charge in [-0.05, 0) is 42.0 Å². The second kappa shape index (κ2) is 7.72. The summed E-state index contributed by atoms with van der Waals surface area (Å²) in [5, 5.41) is 0. The topological polar surface area (TPSA) is 54.9 Å². The van der Waals surface area contributed by atoms with Gasteiger partial charge in [0.2, 0.25) is 0 Å². The highest BCUT2D eigenvalue weighted by molar-refractivity contribution is 5.95. The zero-order valence-electron chi connectivity index (χ0n) is 15.0. The lowest BCUT2D eigenvalue weighted by molar-refractivity contribution is -0.146. The maximum atomic E-state index is 13.3. The molecule has 1 atom stereocenters. The smallest absolute Gasteiger partial charge is 0.253 e. The zero-order valence-corrected chi connectivity index (χ0v) is 15.0. The molecule has 1 spiro atoms. The second-order valence-corrected chi connectivity index (χ2v) is 7.05. The SMILES string of the molecule is O=C1COC2(COCCN(Cc3ccncc3)C2)CN1c1ccc(F)cc1. The van der Waals surface area contributed by atoms with Crippen LogP contribution in [0.4, 0.5) is 10.1 Å². The molecule has 2 saturated heterocycles. The minimum Gasteiger partial charge on any atom is -0.377 e. The minimum atomic E-state index is -0.605. The number of carbonyl (C=O) groups is 1. The van der Waals surface area contributed by atoms with Crippen LogP contribution >= 0.6 is 0 Å². The van der Waals surface area contributed by atoms with Crippen molar-refractivity contribution < 1.29 is 18.7 Å². The van der Waals surface area contributed by atoms with Crippen molar-refractivity contribution >= 4 is 11.6 Å². The molecule has 7 heteroatoms. The maximum absolute atomic E-state index is 13.3. The quantitative estimate of drug-likeness (QED) is 0.824. The van der Waals surface area contributed by atoms with E-state index in [9.17, 15) is 9.18 Å². The number of ether oxygens (including phenoxy) is 2. The first-order valence-corrected chi connectivity index (χ1v) is 9.02. The van der Waals surface area contributed by atoms with Crippen molar-refractivity contribution in [3.8, 4) is 0 Å². The van der Waals surface area contributed by atoms with Crippen LogP contribution < -0.4 is 4.90 Å². The first-order valence-electron chi connectivity index (χ1n) is 9.02. The number of amides is 1. The van der Waals surface area contributed by atoms with Crippen molar-refractivity contribution in [2.75, 3.05) is 44.4 Å². The number of rotatable bonds is 3. The number of hydrogen-bond donors (Lipinski definition) is 0. The summed E-state index contributed by atoms with van der Waals surface area (Å²) in [6.45, 7) is 3.61. The Morgan fingerprint density at radius 3 is 2.67 bits per heavy atom. The van der Waals surface area contributed by atoms with E-state index in [0.717, 1.165) is 13.1 Å². The van der Waals surface area contributed by atoms with Gasteiger partial charge in [0.1, 0.15) is 18.0 Å². The summed E-state index contributed by atoms with van der Waals surface area (Å²) in [4.78, 5) is 20.4. The third-order valence-electron chi connectivity index (χ3n) is 4.97. The Balaban J connectivity index is 1.53. The number of carbonyl (C=O) groups excluding carboxylic acids is 1. The predicted molar refractivity (Wildman–Crippen MR) is 97.8 cm³/mol. The summed E-state index contributed by atoms with van der Waals surface area (Å²) in [6.07, 6.45) is 3.57. The Bertz CT molecular complexity index is 787. The fraction of sp³-hybridized carbons (Fsp3) is 0.400. The average molecular weight is 371 g/mol. The van der Waals surface area contributed by atoms with Crippen LogP contribution in [0.25, 0.3) is 0 Å². The lowest BCUT2D eigenvalue weighted by atomic mass is 10.0. The summed E-state index contributed by atoms with van der Waals surface area (Å²) in [5.74, 6) is -0.451. The van der Waals surface area contributed by atoms with E-state index in [1.165, 1.54) is 17.7 Å². The fourth-order valence-corrected chi connectivity index (χ4v) is 3.62. The van der Waals surface area contributed by atoms with Crippen LogP contribution in [-0.4, -0.2) is 60.8 Å². The summed E-state index contributed by atoms with van der Waals surface area (Å²) in [6, 6.07) is 9.97. The summed E-state index contributed by atoms with van der Waals surface area (Å²) < 4.78 is 25.1. The predicted octanol–water partition coefficient (Wildman–Crippen LogP) is 1.86. The first-order chi connectivity index (χ1) is 13.1.